The van der Waals surface area contributed by atoms with Crippen molar-refractivity contribution in [3.63, 3.8) is 0 Å². The molecule has 1 unspecified atom stereocenters. The smallest absolute Gasteiger partial charge is 0.279 e. The maximum absolute atomic E-state index is 12.0. The molecule has 0 aliphatic rings. The Morgan fingerprint density at radius 1 is 1.33 bits per heavy atom. The van der Waals surface area contributed by atoms with Crippen molar-refractivity contribution in [2.24, 2.45) is 0 Å². The predicted molar refractivity (Wildman–Crippen MR) is 81.5 cm³/mol. The molecule has 0 aliphatic heterocycles. The first-order valence-electron chi connectivity index (χ1n) is 7.07. The standard InChI is InChI=1S/C15H23N3O3/c1-4-18(9-8-16-12(2)19)11-15(20)17-13-6-5-7-14(10-13)21-3/h5-7,10H,4,8-9,11H2,1-3H3,(H,16,19)(H,17,20)/p+1. The topological polar surface area (TPSA) is 71.9 Å². The molecule has 0 spiro atoms. The van der Waals surface area contributed by atoms with Crippen molar-refractivity contribution in [3.8, 4) is 5.75 Å². The Hall–Kier alpha value is -2.08. The first-order valence-corrected chi connectivity index (χ1v) is 7.07. The number of nitrogens with one attached hydrogen (secondary N) is 3. The number of hydrogen-bond acceptors (Lipinski definition) is 3. The lowest BCUT2D eigenvalue weighted by Crippen LogP contribution is -3.13. The van der Waals surface area contributed by atoms with Gasteiger partial charge in [0, 0.05) is 18.7 Å². The van der Waals surface area contributed by atoms with Gasteiger partial charge in [-0.1, -0.05) is 6.07 Å². The van der Waals surface area contributed by atoms with Crippen LogP contribution in [0.5, 0.6) is 5.75 Å². The summed E-state index contributed by atoms with van der Waals surface area (Å²) in [7, 11) is 1.59. The summed E-state index contributed by atoms with van der Waals surface area (Å²) in [5.74, 6) is 0.604. The Labute approximate surface area is 125 Å². The number of methoxy groups -OCH3 is 1. The van der Waals surface area contributed by atoms with Crippen molar-refractivity contribution < 1.29 is 19.2 Å². The molecule has 1 aromatic carbocycles. The van der Waals surface area contributed by atoms with Crippen molar-refractivity contribution in [1.82, 2.24) is 5.32 Å². The summed E-state index contributed by atoms with van der Waals surface area (Å²) in [6.07, 6.45) is 0. The summed E-state index contributed by atoms with van der Waals surface area (Å²) in [4.78, 5) is 24.0. The number of hydrogen-bond donors (Lipinski definition) is 3. The minimum absolute atomic E-state index is 0.0497. The maximum Gasteiger partial charge on any atom is 0.279 e. The zero-order valence-corrected chi connectivity index (χ0v) is 12.9. The molecular weight excluding hydrogens is 270 g/mol. The van der Waals surface area contributed by atoms with Crippen LogP contribution >= 0.6 is 0 Å². The molecule has 3 N–H and O–H groups in total. The zero-order chi connectivity index (χ0) is 15.7. The van der Waals surface area contributed by atoms with E-state index >= 15 is 0 Å². The third-order valence-electron chi connectivity index (χ3n) is 3.12. The van der Waals surface area contributed by atoms with Gasteiger partial charge in [0.2, 0.25) is 5.91 Å². The van der Waals surface area contributed by atoms with E-state index in [1.54, 1.807) is 13.2 Å². The quantitative estimate of drug-likeness (QED) is 0.615. The van der Waals surface area contributed by atoms with Crippen molar-refractivity contribution in [2.75, 3.05) is 38.6 Å². The maximum atomic E-state index is 12.0. The van der Waals surface area contributed by atoms with Gasteiger partial charge in [0.15, 0.2) is 6.54 Å². The second-order valence-electron chi connectivity index (χ2n) is 4.79. The Morgan fingerprint density at radius 3 is 2.71 bits per heavy atom. The number of carbonyl (C=O) groups is 2. The van der Waals surface area contributed by atoms with E-state index in [9.17, 15) is 9.59 Å². The van der Waals surface area contributed by atoms with Crippen LogP contribution in [0.4, 0.5) is 5.69 Å². The van der Waals surface area contributed by atoms with Gasteiger partial charge in [-0.25, -0.2) is 0 Å². The van der Waals surface area contributed by atoms with E-state index < -0.39 is 0 Å². The second-order valence-corrected chi connectivity index (χ2v) is 4.79. The lowest BCUT2D eigenvalue weighted by molar-refractivity contribution is -0.888. The van der Waals surface area contributed by atoms with Crippen molar-refractivity contribution in [2.45, 2.75) is 13.8 Å². The normalized spacial score (nSPS) is 11.6. The van der Waals surface area contributed by atoms with Gasteiger partial charge in [-0.3, -0.25) is 9.59 Å². The van der Waals surface area contributed by atoms with E-state index in [-0.39, 0.29) is 11.8 Å². The van der Waals surface area contributed by atoms with Gasteiger partial charge in [-0.15, -0.1) is 0 Å². The number of rotatable bonds is 8. The number of amides is 2. The molecule has 1 rings (SSSR count). The fourth-order valence-electron chi connectivity index (χ4n) is 1.94. The number of anilines is 1. The molecule has 116 valence electrons. The van der Waals surface area contributed by atoms with Crippen LogP contribution in [0, 0.1) is 0 Å². The van der Waals surface area contributed by atoms with E-state index in [1.165, 1.54) is 6.92 Å². The Morgan fingerprint density at radius 2 is 2.10 bits per heavy atom. The zero-order valence-electron chi connectivity index (χ0n) is 12.9. The average Bonchev–Trinajstić information content (AvgIpc) is 2.46. The molecule has 0 aliphatic carbocycles. The summed E-state index contributed by atoms with van der Waals surface area (Å²) in [6.45, 7) is 5.99. The number of ether oxygens (including phenoxy) is 1. The van der Waals surface area contributed by atoms with Gasteiger partial charge in [-0.2, -0.15) is 0 Å². The lowest BCUT2D eigenvalue weighted by Gasteiger charge is -2.17. The molecule has 0 heterocycles. The lowest BCUT2D eigenvalue weighted by atomic mass is 10.3. The molecule has 6 nitrogen and oxygen atoms in total. The molecule has 0 aromatic heterocycles. The van der Waals surface area contributed by atoms with Crippen LogP contribution in [-0.4, -0.2) is 45.1 Å². The molecule has 0 fully saturated rings. The number of likely N-dealkylation sites (N-methyl/N-ethyl adjacent to an activating group) is 1. The van der Waals surface area contributed by atoms with E-state index in [0.29, 0.717) is 18.8 Å². The molecule has 21 heavy (non-hydrogen) atoms. The van der Waals surface area contributed by atoms with E-state index in [2.05, 4.69) is 10.6 Å². The van der Waals surface area contributed by atoms with Gasteiger partial charge >= 0.3 is 0 Å². The van der Waals surface area contributed by atoms with E-state index in [4.69, 9.17) is 4.74 Å². The van der Waals surface area contributed by atoms with Crippen molar-refractivity contribution >= 4 is 17.5 Å². The molecule has 1 atom stereocenters. The minimum atomic E-state index is -0.0528. The van der Waals surface area contributed by atoms with Gasteiger partial charge in [-0.05, 0) is 19.1 Å². The average molecular weight is 294 g/mol. The highest BCUT2D eigenvalue weighted by Gasteiger charge is 2.12. The highest BCUT2D eigenvalue weighted by molar-refractivity contribution is 5.91. The van der Waals surface area contributed by atoms with E-state index in [0.717, 1.165) is 23.7 Å². The predicted octanol–water partition coefficient (Wildman–Crippen LogP) is -0.325. The summed E-state index contributed by atoms with van der Waals surface area (Å²) < 4.78 is 5.12. The van der Waals surface area contributed by atoms with Crippen LogP contribution in [0.25, 0.3) is 0 Å². The van der Waals surface area contributed by atoms with Crippen molar-refractivity contribution in [3.05, 3.63) is 24.3 Å². The first-order chi connectivity index (χ1) is 10.0. The third-order valence-corrected chi connectivity index (χ3v) is 3.12. The Bertz CT molecular complexity index is 477. The van der Waals surface area contributed by atoms with Gasteiger partial charge in [0.1, 0.15) is 5.75 Å². The van der Waals surface area contributed by atoms with Gasteiger partial charge in [0.25, 0.3) is 5.91 Å². The fourth-order valence-corrected chi connectivity index (χ4v) is 1.94. The highest BCUT2D eigenvalue weighted by atomic mass is 16.5. The molecule has 0 bridgehead atoms. The molecule has 0 saturated carbocycles. The van der Waals surface area contributed by atoms with Crippen LogP contribution in [0.3, 0.4) is 0 Å². The largest absolute Gasteiger partial charge is 0.497 e. The molecular formula is C15H24N3O3+. The molecule has 6 heteroatoms. The third kappa shape index (κ3) is 6.76. The van der Waals surface area contributed by atoms with Crippen LogP contribution in [-0.2, 0) is 9.59 Å². The number of benzene rings is 1. The van der Waals surface area contributed by atoms with Crippen molar-refractivity contribution in [1.29, 1.82) is 0 Å². The molecule has 1 aromatic rings. The highest BCUT2D eigenvalue weighted by Crippen LogP contribution is 2.16. The van der Waals surface area contributed by atoms with E-state index in [1.807, 2.05) is 25.1 Å². The molecule has 0 saturated heterocycles. The SMILES string of the molecule is CC[NH+](CCNC(C)=O)CC(=O)Nc1cccc(OC)c1. The second kappa shape index (κ2) is 8.97. The molecule has 2 amide bonds. The monoisotopic (exact) mass is 294 g/mol. The summed E-state index contributed by atoms with van der Waals surface area (Å²) in [6, 6.07) is 7.26. The van der Waals surface area contributed by atoms with Crippen LogP contribution < -0.4 is 20.3 Å². The Balaban J connectivity index is 2.44. The summed E-state index contributed by atoms with van der Waals surface area (Å²) in [5.41, 5.74) is 0.719. The minimum Gasteiger partial charge on any atom is -0.497 e. The van der Waals surface area contributed by atoms with Gasteiger partial charge in [0.05, 0.1) is 26.7 Å². The number of carbonyl (C=O) groups excluding carboxylic acids is 2. The summed E-state index contributed by atoms with van der Waals surface area (Å²) >= 11 is 0. The first kappa shape index (κ1) is 17.0. The Kier molecular flexibility index (Phi) is 7.25. The van der Waals surface area contributed by atoms with Crippen LogP contribution in [0.2, 0.25) is 0 Å². The molecule has 0 radical (unpaired) electrons. The summed E-state index contributed by atoms with van der Waals surface area (Å²) in [5, 5.41) is 5.59. The fraction of sp³-hybridized carbons (Fsp3) is 0.467. The van der Waals surface area contributed by atoms with Gasteiger partial charge < -0.3 is 20.3 Å². The number of quaternary nitrogens is 1. The van der Waals surface area contributed by atoms with Crippen LogP contribution in [0.15, 0.2) is 24.3 Å². The van der Waals surface area contributed by atoms with Crippen LogP contribution in [0.1, 0.15) is 13.8 Å².